The summed E-state index contributed by atoms with van der Waals surface area (Å²) in [5.74, 6) is 1.31. The van der Waals surface area contributed by atoms with Gasteiger partial charge in [0, 0.05) is 59.9 Å². The van der Waals surface area contributed by atoms with Crippen LogP contribution in [0, 0.1) is 20.8 Å². The van der Waals surface area contributed by atoms with Crippen molar-refractivity contribution in [3.8, 4) is 11.1 Å². The van der Waals surface area contributed by atoms with Gasteiger partial charge in [0.15, 0.2) is 11.6 Å². The number of carbonyl (C=O) groups is 4. The molecule has 0 bridgehead atoms. The molecule has 326 valence electrons. The van der Waals surface area contributed by atoms with Crippen molar-refractivity contribution >= 4 is 57.1 Å². The number of imidazole rings is 1. The first-order valence-corrected chi connectivity index (χ1v) is 22.1. The van der Waals surface area contributed by atoms with E-state index in [1.165, 1.54) is 0 Å². The number of piperidine rings is 1. The smallest absolute Gasteiger partial charge is 0.262 e. The third kappa shape index (κ3) is 7.35. The number of imide groups is 1. The van der Waals surface area contributed by atoms with Crippen LogP contribution in [0.1, 0.15) is 123 Å². The van der Waals surface area contributed by atoms with Crippen LogP contribution in [0.2, 0.25) is 0 Å². The van der Waals surface area contributed by atoms with E-state index in [4.69, 9.17) is 19.6 Å². The SMILES string of the molecule is C=C1CCC(N2C(=O)c3cccc(CCc4cn(CCCCC(=O)c5nc(Nc6cc(C7CC7)nn6CC)c6c(n5)[nH]c5cc(-c7c(C)noc7C)c(C)cc56)cn4)c3C2=O)C(=O)N1. The average molecular weight is 860 g/mol. The highest BCUT2D eigenvalue weighted by Gasteiger charge is 2.45. The van der Waals surface area contributed by atoms with Crippen molar-refractivity contribution in [2.75, 3.05) is 5.32 Å². The maximum Gasteiger partial charge on any atom is 0.262 e. The summed E-state index contributed by atoms with van der Waals surface area (Å²) in [4.78, 5) is 72.5. The number of allylic oxidation sites excluding steroid dienone is 1. The largest absolute Gasteiger partial charge is 0.361 e. The number of carbonyl (C=O) groups excluding carboxylic acids is 4. The van der Waals surface area contributed by atoms with Gasteiger partial charge in [-0.3, -0.25) is 24.1 Å². The van der Waals surface area contributed by atoms with Crippen LogP contribution in [0.5, 0.6) is 0 Å². The lowest BCUT2D eigenvalue weighted by molar-refractivity contribution is -0.125. The highest BCUT2D eigenvalue weighted by atomic mass is 16.5. The van der Waals surface area contributed by atoms with Crippen LogP contribution in [0.4, 0.5) is 11.6 Å². The van der Waals surface area contributed by atoms with Gasteiger partial charge >= 0.3 is 0 Å². The Morgan fingerprint density at radius 1 is 0.984 bits per heavy atom. The van der Waals surface area contributed by atoms with Gasteiger partial charge in [-0.1, -0.05) is 23.9 Å². The molecule has 1 saturated carbocycles. The summed E-state index contributed by atoms with van der Waals surface area (Å²) in [6, 6.07) is 10.7. The van der Waals surface area contributed by atoms with Crippen LogP contribution in [0.3, 0.4) is 0 Å². The number of ketones is 1. The molecule has 3 N–H and O–H groups in total. The number of nitrogens with one attached hydrogen (secondary N) is 3. The molecule has 64 heavy (non-hydrogen) atoms. The van der Waals surface area contributed by atoms with Gasteiger partial charge in [-0.15, -0.1) is 0 Å². The number of fused-ring (bicyclic) bond motifs is 4. The third-order valence-corrected chi connectivity index (χ3v) is 12.8. The molecule has 16 nitrogen and oxygen atoms in total. The highest BCUT2D eigenvalue weighted by molar-refractivity contribution is 6.23. The summed E-state index contributed by atoms with van der Waals surface area (Å²) in [6.45, 7) is 13.1. The number of aromatic amines is 1. The quantitative estimate of drug-likeness (QED) is 0.0514. The number of aryl methyl sites for hydroxylation is 7. The monoisotopic (exact) mass is 859 g/mol. The van der Waals surface area contributed by atoms with E-state index in [1.807, 2.05) is 35.4 Å². The molecule has 1 unspecified atom stereocenters. The zero-order valence-electron chi connectivity index (χ0n) is 36.4. The Hall–Kier alpha value is -7.23. The van der Waals surface area contributed by atoms with Gasteiger partial charge in [-0.25, -0.2) is 19.6 Å². The topological polar surface area (TPSA) is 199 Å². The summed E-state index contributed by atoms with van der Waals surface area (Å²) in [5, 5.41) is 17.0. The molecule has 1 saturated heterocycles. The van der Waals surface area contributed by atoms with E-state index in [9.17, 15) is 19.2 Å². The molecule has 3 aliphatic rings. The van der Waals surface area contributed by atoms with Gasteiger partial charge in [0.25, 0.3) is 11.8 Å². The van der Waals surface area contributed by atoms with Crippen molar-refractivity contribution in [3.05, 3.63) is 112 Å². The van der Waals surface area contributed by atoms with Gasteiger partial charge < -0.3 is 24.7 Å². The summed E-state index contributed by atoms with van der Waals surface area (Å²) in [5.41, 5.74) is 9.19. The number of Topliss-reactive ketones (excluding diaryl/α,β-unsaturated/α-hetero) is 1. The minimum absolute atomic E-state index is 0.141. The molecular formula is C48H49N11O5. The van der Waals surface area contributed by atoms with Crippen molar-refractivity contribution in [1.29, 1.82) is 0 Å². The minimum atomic E-state index is -0.858. The Bertz CT molecular complexity index is 3050. The number of aromatic nitrogens is 8. The van der Waals surface area contributed by atoms with Gasteiger partial charge in [-0.2, -0.15) is 5.10 Å². The maximum absolute atomic E-state index is 13.9. The van der Waals surface area contributed by atoms with Gasteiger partial charge in [0.05, 0.1) is 39.9 Å². The van der Waals surface area contributed by atoms with Crippen molar-refractivity contribution in [2.45, 2.75) is 111 Å². The zero-order chi connectivity index (χ0) is 44.4. The van der Waals surface area contributed by atoms with Gasteiger partial charge in [0.2, 0.25) is 5.91 Å². The van der Waals surface area contributed by atoms with Crippen LogP contribution in [-0.4, -0.2) is 73.9 Å². The van der Waals surface area contributed by atoms with Gasteiger partial charge in [0.1, 0.15) is 29.1 Å². The minimum Gasteiger partial charge on any atom is -0.361 e. The number of hydrogen-bond donors (Lipinski definition) is 3. The Labute approximate surface area is 368 Å². The molecule has 2 aliphatic heterocycles. The number of anilines is 2. The summed E-state index contributed by atoms with van der Waals surface area (Å²) in [6.07, 6.45) is 9.54. The lowest BCUT2D eigenvalue weighted by Gasteiger charge is -2.29. The Kier molecular flexibility index (Phi) is 10.3. The van der Waals surface area contributed by atoms with Crippen molar-refractivity contribution in [1.82, 2.24) is 49.7 Å². The van der Waals surface area contributed by atoms with Crippen LogP contribution in [-0.2, 0) is 30.7 Å². The highest BCUT2D eigenvalue weighted by Crippen LogP contribution is 2.42. The molecule has 10 rings (SSSR count). The molecule has 7 aromatic rings. The molecule has 16 heteroatoms. The fourth-order valence-electron chi connectivity index (χ4n) is 9.27. The number of unbranched alkanes of at least 4 members (excludes halogenated alkanes) is 1. The molecule has 7 heterocycles. The van der Waals surface area contributed by atoms with Crippen LogP contribution >= 0.6 is 0 Å². The molecule has 0 spiro atoms. The van der Waals surface area contributed by atoms with E-state index in [2.05, 4.69) is 64.4 Å². The maximum atomic E-state index is 13.9. The second kappa shape index (κ2) is 16.2. The second-order valence-electron chi connectivity index (χ2n) is 17.3. The molecule has 2 fully saturated rings. The number of H-pyrrole nitrogens is 1. The molecule has 2 aromatic carbocycles. The van der Waals surface area contributed by atoms with Gasteiger partial charge in [-0.05, 0) is 114 Å². The first-order chi connectivity index (χ1) is 30.9. The number of rotatable bonds is 15. The molecule has 3 amide bonds. The molecule has 0 radical (unpaired) electrons. The lowest BCUT2D eigenvalue weighted by atomic mass is 9.97. The summed E-state index contributed by atoms with van der Waals surface area (Å²) in [7, 11) is 0. The number of nitrogens with zero attached hydrogens (tertiary/aromatic N) is 8. The van der Waals surface area contributed by atoms with E-state index >= 15 is 0 Å². The second-order valence-corrected chi connectivity index (χ2v) is 17.3. The van der Waals surface area contributed by atoms with Crippen molar-refractivity contribution in [2.24, 2.45) is 0 Å². The third-order valence-electron chi connectivity index (χ3n) is 12.8. The fourth-order valence-corrected chi connectivity index (χ4v) is 9.27. The zero-order valence-corrected chi connectivity index (χ0v) is 36.4. The molecule has 1 atom stereocenters. The molecular weight excluding hydrogens is 811 g/mol. The van der Waals surface area contributed by atoms with Crippen LogP contribution in [0.25, 0.3) is 33.1 Å². The van der Waals surface area contributed by atoms with Crippen molar-refractivity contribution in [3.63, 3.8) is 0 Å². The van der Waals surface area contributed by atoms with E-state index in [-0.39, 0.29) is 23.9 Å². The van der Waals surface area contributed by atoms with E-state index < -0.39 is 17.9 Å². The standard InChI is InChI=1S/C48H49N11O5/c1-6-58-39(22-35(55-58)29-14-15-29)52-45-42-34-20-25(2)33(40-27(4)56-64-28(40)5)21-36(34)51-44(42)53-43(54-45)38(60)12-7-8-19-57-23-31(49-24-57)17-16-30-10-9-11-32-41(30)48(63)59(47(32)62)37-18-13-26(3)50-46(37)61/h9-11,20-24,29,37H,3,6-8,12-19H2,1-2,4-5H3,(H,50,61)(H2,51,52,53,54). The Morgan fingerprint density at radius 3 is 2.59 bits per heavy atom. The predicted molar refractivity (Wildman–Crippen MR) is 239 cm³/mol. The molecule has 5 aromatic heterocycles. The van der Waals surface area contributed by atoms with E-state index in [0.29, 0.717) is 79.4 Å². The van der Waals surface area contributed by atoms with E-state index in [1.54, 1.807) is 18.5 Å². The summed E-state index contributed by atoms with van der Waals surface area (Å²) >= 11 is 0. The first-order valence-electron chi connectivity index (χ1n) is 22.1. The van der Waals surface area contributed by atoms with Crippen molar-refractivity contribution < 1.29 is 23.7 Å². The first kappa shape index (κ1) is 40.8. The van der Waals surface area contributed by atoms with Crippen LogP contribution in [0.15, 0.2) is 65.7 Å². The molecule has 1 aliphatic carbocycles. The predicted octanol–water partition coefficient (Wildman–Crippen LogP) is 7.95. The van der Waals surface area contributed by atoms with E-state index in [0.717, 1.165) is 91.4 Å². The fraction of sp³-hybridized carbons (Fsp3) is 0.354. The number of amides is 3. The Balaban J connectivity index is 0.825. The van der Waals surface area contributed by atoms with Crippen LogP contribution < -0.4 is 10.6 Å². The Morgan fingerprint density at radius 2 is 1.83 bits per heavy atom. The average Bonchev–Trinajstić information content (AvgIpc) is 3.49. The lowest BCUT2D eigenvalue weighted by Crippen LogP contribution is -2.51. The number of benzene rings is 2. The summed E-state index contributed by atoms with van der Waals surface area (Å²) < 4.78 is 9.46. The number of hydrogen-bond acceptors (Lipinski definition) is 11. The normalized spacial score (nSPS) is 16.4.